The van der Waals surface area contributed by atoms with Crippen molar-refractivity contribution in [2.75, 3.05) is 5.32 Å². The van der Waals surface area contributed by atoms with Crippen LogP contribution in [0.1, 0.15) is 12.5 Å². The van der Waals surface area contributed by atoms with Gasteiger partial charge in [-0.25, -0.2) is 4.98 Å². The molecule has 0 saturated heterocycles. The van der Waals surface area contributed by atoms with Crippen molar-refractivity contribution < 1.29 is 0 Å². The lowest BCUT2D eigenvalue weighted by molar-refractivity contribution is 0.777. The number of nitrogens with zero attached hydrogens (tertiary/aromatic N) is 4. The molecule has 0 radical (unpaired) electrons. The molecule has 0 aliphatic heterocycles. The number of aromatic nitrogens is 4. The highest BCUT2D eigenvalue weighted by Gasteiger charge is 2.06. The van der Waals surface area contributed by atoms with Crippen LogP contribution < -0.4 is 5.32 Å². The molecule has 0 amide bonds. The molecule has 2 aromatic heterocycles. The van der Waals surface area contributed by atoms with E-state index in [1.54, 1.807) is 12.5 Å². The SMILES string of the molecule is CC(Cc1ccc2ccccc2c1)Nc1ccc(-n2ccnc2)nn1. The van der Waals surface area contributed by atoms with Crippen molar-refractivity contribution in [3.05, 3.63) is 78.9 Å². The summed E-state index contributed by atoms with van der Waals surface area (Å²) in [6, 6.07) is 19.2. The van der Waals surface area contributed by atoms with Crippen molar-refractivity contribution in [2.45, 2.75) is 19.4 Å². The van der Waals surface area contributed by atoms with Crippen LogP contribution in [0.4, 0.5) is 5.82 Å². The van der Waals surface area contributed by atoms with E-state index in [1.165, 1.54) is 16.3 Å². The number of hydrogen-bond donors (Lipinski definition) is 1. The Hall–Kier alpha value is -3.21. The van der Waals surface area contributed by atoms with Gasteiger partial charge in [0.1, 0.15) is 12.1 Å². The second-order valence-corrected chi connectivity index (χ2v) is 6.18. The lowest BCUT2D eigenvalue weighted by Gasteiger charge is -2.15. The van der Waals surface area contributed by atoms with E-state index in [0.29, 0.717) is 0 Å². The second-order valence-electron chi connectivity index (χ2n) is 6.18. The van der Waals surface area contributed by atoms with Crippen LogP contribution in [0.5, 0.6) is 0 Å². The first-order chi connectivity index (χ1) is 12.3. The average molecular weight is 329 g/mol. The van der Waals surface area contributed by atoms with E-state index in [9.17, 15) is 0 Å². The summed E-state index contributed by atoms with van der Waals surface area (Å²) in [6.45, 7) is 2.15. The lowest BCUT2D eigenvalue weighted by atomic mass is 10.0. The van der Waals surface area contributed by atoms with Crippen molar-refractivity contribution in [1.29, 1.82) is 0 Å². The Morgan fingerprint density at radius 1 is 1.00 bits per heavy atom. The number of anilines is 1. The third kappa shape index (κ3) is 3.50. The number of nitrogens with one attached hydrogen (secondary N) is 1. The Balaban J connectivity index is 1.43. The molecular weight excluding hydrogens is 310 g/mol. The highest BCUT2D eigenvalue weighted by Crippen LogP contribution is 2.17. The van der Waals surface area contributed by atoms with Gasteiger partial charge in [-0.3, -0.25) is 4.57 Å². The summed E-state index contributed by atoms with van der Waals surface area (Å²) in [7, 11) is 0. The van der Waals surface area contributed by atoms with Crippen LogP contribution in [0.3, 0.4) is 0 Å². The molecule has 5 heteroatoms. The van der Waals surface area contributed by atoms with E-state index in [-0.39, 0.29) is 6.04 Å². The fraction of sp³-hybridized carbons (Fsp3) is 0.150. The molecule has 4 aromatic rings. The molecule has 1 atom stereocenters. The van der Waals surface area contributed by atoms with E-state index in [4.69, 9.17) is 0 Å². The summed E-state index contributed by atoms with van der Waals surface area (Å²) in [5.41, 5.74) is 1.31. The number of benzene rings is 2. The molecule has 124 valence electrons. The molecular formula is C20H19N5. The largest absolute Gasteiger partial charge is 0.366 e. The van der Waals surface area contributed by atoms with Crippen molar-refractivity contribution >= 4 is 16.6 Å². The van der Waals surface area contributed by atoms with Gasteiger partial charge >= 0.3 is 0 Å². The number of fused-ring (bicyclic) bond motifs is 1. The minimum absolute atomic E-state index is 0.259. The Morgan fingerprint density at radius 3 is 2.64 bits per heavy atom. The summed E-state index contributed by atoms with van der Waals surface area (Å²) < 4.78 is 1.83. The molecule has 1 N–H and O–H groups in total. The van der Waals surface area contributed by atoms with E-state index in [0.717, 1.165) is 18.1 Å². The van der Waals surface area contributed by atoms with Crippen molar-refractivity contribution in [2.24, 2.45) is 0 Å². The molecule has 0 saturated carbocycles. The monoisotopic (exact) mass is 329 g/mol. The van der Waals surface area contributed by atoms with Crippen LogP contribution in [-0.2, 0) is 6.42 Å². The first-order valence-corrected chi connectivity index (χ1v) is 8.34. The average Bonchev–Trinajstić information content (AvgIpc) is 3.17. The molecule has 1 unspecified atom stereocenters. The fourth-order valence-electron chi connectivity index (χ4n) is 2.96. The Morgan fingerprint density at radius 2 is 1.88 bits per heavy atom. The summed E-state index contributed by atoms with van der Waals surface area (Å²) >= 11 is 0. The van der Waals surface area contributed by atoms with E-state index < -0.39 is 0 Å². The maximum absolute atomic E-state index is 4.26. The smallest absolute Gasteiger partial charge is 0.160 e. The minimum atomic E-state index is 0.259. The van der Waals surface area contributed by atoms with Gasteiger partial charge in [0.15, 0.2) is 5.82 Å². The van der Waals surface area contributed by atoms with E-state index in [1.807, 2.05) is 22.9 Å². The first-order valence-electron chi connectivity index (χ1n) is 8.34. The molecule has 5 nitrogen and oxygen atoms in total. The zero-order chi connectivity index (χ0) is 17.1. The Bertz CT molecular complexity index is 961. The van der Waals surface area contributed by atoms with Crippen LogP contribution in [0.25, 0.3) is 16.6 Å². The number of rotatable bonds is 5. The molecule has 0 aliphatic rings. The third-order valence-electron chi connectivity index (χ3n) is 4.17. The van der Waals surface area contributed by atoms with Crippen LogP contribution in [0, 0.1) is 0 Å². The number of imidazole rings is 1. The highest BCUT2D eigenvalue weighted by molar-refractivity contribution is 5.83. The molecule has 2 aromatic carbocycles. The van der Waals surface area contributed by atoms with Gasteiger partial charge in [0.25, 0.3) is 0 Å². The molecule has 0 bridgehead atoms. The van der Waals surface area contributed by atoms with Gasteiger partial charge in [0.2, 0.25) is 0 Å². The maximum Gasteiger partial charge on any atom is 0.160 e. The quantitative estimate of drug-likeness (QED) is 0.604. The number of hydrogen-bond acceptors (Lipinski definition) is 4. The minimum Gasteiger partial charge on any atom is -0.366 e. The standard InChI is InChI=1S/C20H19N5/c1-15(12-16-6-7-17-4-2-3-5-18(17)13-16)22-19-8-9-20(24-23-19)25-11-10-21-14-25/h2-11,13-15H,12H2,1H3,(H,22,23). The molecule has 4 rings (SSSR count). The molecule has 2 heterocycles. The van der Waals surface area contributed by atoms with E-state index in [2.05, 4.69) is 69.9 Å². The van der Waals surface area contributed by atoms with Crippen molar-refractivity contribution in [3.8, 4) is 5.82 Å². The second kappa shape index (κ2) is 6.73. The van der Waals surface area contributed by atoms with Crippen LogP contribution in [0.15, 0.2) is 73.3 Å². The van der Waals surface area contributed by atoms with E-state index >= 15 is 0 Å². The zero-order valence-corrected chi connectivity index (χ0v) is 14.0. The van der Waals surface area contributed by atoms with Crippen LogP contribution in [-0.4, -0.2) is 25.8 Å². The Kier molecular flexibility index (Phi) is 4.12. The summed E-state index contributed by atoms with van der Waals surface area (Å²) in [5.74, 6) is 1.53. The predicted molar refractivity (Wildman–Crippen MR) is 99.9 cm³/mol. The summed E-state index contributed by atoms with van der Waals surface area (Å²) in [5, 5.41) is 14.4. The molecule has 0 spiro atoms. The van der Waals surface area contributed by atoms with Gasteiger partial charge in [0.05, 0.1) is 0 Å². The first kappa shape index (κ1) is 15.3. The van der Waals surface area contributed by atoms with Gasteiger partial charge in [-0.1, -0.05) is 42.5 Å². The van der Waals surface area contributed by atoms with Gasteiger partial charge in [-0.15, -0.1) is 10.2 Å². The Labute approximate surface area is 146 Å². The van der Waals surface area contributed by atoms with Crippen LogP contribution in [0.2, 0.25) is 0 Å². The zero-order valence-electron chi connectivity index (χ0n) is 14.0. The summed E-state index contributed by atoms with van der Waals surface area (Å²) in [4.78, 5) is 4.02. The van der Waals surface area contributed by atoms with Gasteiger partial charge in [-0.05, 0) is 41.8 Å². The topological polar surface area (TPSA) is 55.6 Å². The normalized spacial score (nSPS) is 12.2. The fourth-order valence-corrected chi connectivity index (χ4v) is 2.96. The lowest BCUT2D eigenvalue weighted by Crippen LogP contribution is -2.19. The van der Waals surface area contributed by atoms with Gasteiger partial charge in [-0.2, -0.15) is 0 Å². The maximum atomic E-state index is 4.26. The third-order valence-corrected chi connectivity index (χ3v) is 4.17. The van der Waals surface area contributed by atoms with Crippen LogP contribution >= 0.6 is 0 Å². The highest BCUT2D eigenvalue weighted by atomic mass is 15.2. The molecule has 0 fully saturated rings. The van der Waals surface area contributed by atoms with Crippen molar-refractivity contribution in [3.63, 3.8) is 0 Å². The molecule has 0 aliphatic carbocycles. The van der Waals surface area contributed by atoms with Gasteiger partial charge in [0, 0.05) is 18.4 Å². The van der Waals surface area contributed by atoms with Crippen molar-refractivity contribution in [1.82, 2.24) is 19.7 Å². The molecule has 25 heavy (non-hydrogen) atoms. The van der Waals surface area contributed by atoms with Gasteiger partial charge < -0.3 is 5.32 Å². The summed E-state index contributed by atoms with van der Waals surface area (Å²) in [6.07, 6.45) is 6.20. The predicted octanol–water partition coefficient (Wildman–Crippen LogP) is 3.86.